The maximum Gasteiger partial charge on any atom is 0.0765 e. The predicted molar refractivity (Wildman–Crippen MR) is 104 cm³/mol. The molecule has 0 unspecified atom stereocenters. The zero-order chi connectivity index (χ0) is 16.8. The van der Waals surface area contributed by atoms with Gasteiger partial charge in [0.25, 0.3) is 0 Å². The number of benzene rings is 2. The Morgan fingerprint density at radius 2 is 1.60 bits per heavy atom. The number of aryl methyl sites for hydroxylation is 1. The highest BCUT2D eigenvalue weighted by Crippen LogP contribution is 2.41. The molecule has 3 nitrogen and oxygen atoms in total. The van der Waals surface area contributed by atoms with Crippen molar-refractivity contribution < 1.29 is 0 Å². The molecule has 3 heteroatoms. The van der Waals surface area contributed by atoms with Gasteiger partial charge in [0.1, 0.15) is 0 Å². The molecule has 2 aliphatic rings. The SMILES string of the molecule is CN1CCN(c2c3c(nc4ccccc24)-c2ccccc2CC3)CC1. The molecule has 0 N–H and O–H groups in total. The number of nitrogens with zero attached hydrogens (tertiary/aromatic N) is 3. The molecule has 5 rings (SSSR count). The molecule has 0 atom stereocenters. The maximum atomic E-state index is 5.09. The van der Waals surface area contributed by atoms with Gasteiger partial charge in [0, 0.05) is 42.7 Å². The summed E-state index contributed by atoms with van der Waals surface area (Å²) >= 11 is 0. The molecular weight excluding hydrogens is 306 g/mol. The lowest BCUT2D eigenvalue weighted by molar-refractivity contribution is 0.313. The summed E-state index contributed by atoms with van der Waals surface area (Å²) in [4.78, 5) is 10.1. The van der Waals surface area contributed by atoms with Gasteiger partial charge in [-0.25, -0.2) is 4.98 Å². The first-order valence-electron chi connectivity index (χ1n) is 9.24. The second-order valence-electron chi connectivity index (χ2n) is 7.25. The zero-order valence-corrected chi connectivity index (χ0v) is 14.7. The second-order valence-corrected chi connectivity index (χ2v) is 7.25. The highest BCUT2D eigenvalue weighted by atomic mass is 15.2. The van der Waals surface area contributed by atoms with Crippen molar-refractivity contribution in [2.45, 2.75) is 12.8 Å². The number of fused-ring (bicyclic) bond motifs is 4. The maximum absolute atomic E-state index is 5.09. The minimum atomic E-state index is 1.09. The monoisotopic (exact) mass is 329 g/mol. The fourth-order valence-electron chi connectivity index (χ4n) is 4.31. The van der Waals surface area contributed by atoms with Gasteiger partial charge in [-0.1, -0.05) is 42.5 Å². The standard InChI is InChI=1S/C22H23N3/c1-24-12-14-25(15-13-24)22-18-8-4-5-9-20(18)23-21-17-7-3-2-6-16(17)10-11-19(21)22/h2-9H,10-15H2,1H3. The topological polar surface area (TPSA) is 19.4 Å². The molecule has 126 valence electrons. The summed E-state index contributed by atoms with van der Waals surface area (Å²) < 4.78 is 0. The Morgan fingerprint density at radius 1 is 0.840 bits per heavy atom. The van der Waals surface area contributed by atoms with Gasteiger partial charge < -0.3 is 9.80 Å². The van der Waals surface area contributed by atoms with Gasteiger partial charge in [0.05, 0.1) is 16.9 Å². The first-order chi connectivity index (χ1) is 12.3. The number of likely N-dealkylation sites (N-methyl/N-ethyl adjacent to an activating group) is 1. The van der Waals surface area contributed by atoms with Crippen molar-refractivity contribution in [1.82, 2.24) is 9.88 Å². The molecule has 1 aliphatic heterocycles. The van der Waals surface area contributed by atoms with E-state index in [1.165, 1.54) is 33.5 Å². The van der Waals surface area contributed by atoms with Gasteiger partial charge in [-0.2, -0.15) is 0 Å². The quantitative estimate of drug-likeness (QED) is 0.678. The third-order valence-electron chi connectivity index (χ3n) is 5.70. The normalized spacial score (nSPS) is 17.4. The molecule has 2 heterocycles. The molecular formula is C22H23N3. The zero-order valence-electron chi connectivity index (χ0n) is 14.7. The van der Waals surface area contributed by atoms with E-state index >= 15 is 0 Å². The van der Waals surface area contributed by atoms with Crippen LogP contribution in [0.2, 0.25) is 0 Å². The number of piperazine rings is 1. The molecule has 0 radical (unpaired) electrons. The van der Waals surface area contributed by atoms with E-state index in [0.717, 1.165) is 44.5 Å². The van der Waals surface area contributed by atoms with E-state index in [1.807, 2.05) is 0 Å². The van der Waals surface area contributed by atoms with Crippen LogP contribution in [0, 0.1) is 0 Å². The Bertz CT molecular complexity index is 939. The van der Waals surface area contributed by atoms with Crippen LogP contribution in [0.3, 0.4) is 0 Å². The molecule has 1 aromatic heterocycles. The van der Waals surface area contributed by atoms with Crippen molar-refractivity contribution in [3.63, 3.8) is 0 Å². The number of hydrogen-bond donors (Lipinski definition) is 0. The van der Waals surface area contributed by atoms with E-state index in [0.29, 0.717) is 0 Å². The first-order valence-corrected chi connectivity index (χ1v) is 9.24. The fourth-order valence-corrected chi connectivity index (χ4v) is 4.31. The lowest BCUT2D eigenvalue weighted by Crippen LogP contribution is -2.45. The van der Waals surface area contributed by atoms with Crippen molar-refractivity contribution in [3.05, 3.63) is 59.7 Å². The van der Waals surface area contributed by atoms with Gasteiger partial charge >= 0.3 is 0 Å². The van der Waals surface area contributed by atoms with E-state index in [-0.39, 0.29) is 0 Å². The number of para-hydroxylation sites is 1. The first kappa shape index (κ1) is 14.9. The summed E-state index contributed by atoms with van der Waals surface area (Å²) in [5.74, 6) is 0. The summed E-state index contributed by atoms with van der Waals surface area (Å²) in [7, 11) is 2.22. The number of anilines is 1. The highest BCUT2D eigenvalue weighted by molar-refractivity contribution is 5.97. The largest absolute Gasteiger partial charge is 0.368 e. The van der Waals surface area contributed by atoms with Gasteiger partial charge in [-0.05, 0) is 31.5 Å². The molecule has 0 saturated carbocycles. The van der Waals surface area contributed by atoms with Crippen LogP contribution >= 0.6 is 0 Å². The van der Waals surface area contributed by atoms with E-state index in [9.17, 15) is 0 Å². The molecule has 0 amide bonds. The van der Waals surface area contributed by atoms with Crippen LogP contribution < -0.4 is 4.90 Å². The highest BCUT2D eigenvalue weighted by Gasteiger charge is 2.26. The lowest BCUT2D eigenvalue weighted by atomic mass is 9.86. The average molecular weight is 329 g/mol. The summed E-state index contributed by atoms with van der Waals surface area (Å²) in [5.41, 5.74) is 7.96. The minimum Gasteiger partial charge on any atom is -0.368 e. The molecule has 25 heavy (non-hydrogen) atoms. The van der Waals surface area contributed by atoms with E-state index in [1.54, 1.807) is 0 Å². The molecule has 0 spiro atoms. The summed E-state index contributed by atoms with van der Waals surface area (Å²) in [6.07, 6.45) is 2.20. The number of pyridine rings is 1. The van der Waals surface area contributed by atoms with Crippen LogP contribution in [-0.4, -0.2) is 43.1 Å². The van der Waals surface area contributed by atoms with Crippen LogP contribution in [0.15, 0.2) is 48.5 Å². The Kier molecular flexibility index (Phi) is 3.49. The number of aromatic nitrogens is 1. The Labute approximate surface area is 148 Å². The summed E-state index contributed by atoms with van der Waals surface area (Å²) in [5, 5.41) is 1.31. The second kappa shape index (κ2) is 5.85. The molecule has 0 bridgehead atoms. The van der Waals surface area contributed by atoms with Crippen LogP contribution in [0.5, 0.6) is 0 Å². The van der Waals surface area contributed by atoms with Crippen molar-refractivity contribution in [3.8, 4) is 11.3 Å². The molecule has 1 fully saturated rings. The van der Waals surface area contributed by atoms with Crippen LogP contribution in [0.1, 0.15) is 11.1 Å². The Morgan fingerprint density at radius 3 is 2.48 bits per heavy atom. The third-order valence-corrected chi connectivity index (χ3v) is 5.70. The minimum absolute atomic E-state index is 1.09. The van der Waals surface area contributed by atoms with Crippen LogP contribution in [0.25, 0.3) is 22.2 Å². The predicted octanol–water partition coefficient (Wildman–Crippen LogP) is 3.75. The van der Waals surface area contributed by atoms with Gasteiger partial charge in [0.2, 0.25) is 0 Å². The fraction of sp³-hybridized carbons (Fsp3) is 0.318. The summed E-state index contributed by atoms with van der Waals surface area (Å²) in [6.45, 7) is 4.45. The Balaban J connectivity index is 1.76. The summed E-state index contributed by atoms with van der Waals surface area (Å²) in [6, 6.07) is 17.4. The third kappa shape index (κ3) is 2.42. The van der Waals surface area contributed by atoms with Gasteiger partial charge in [-0.15, -0.1) is 0 Å². The Hall–Kier alpha value is -2.39. The molecule has 2 aromatic carbocycles. The smallest absolute Gasteiger partial charge is 0.0765 e. The van der Waals surface area contributed by atoms with Crippen molar-refractivity contribution in [1.29, 1.82) is 0 Å². The lowest BCUT2D eigenvalue weighted by Gasteiger charge is -2.37. The molecule has 1 saturated heterocycles. The van der Waals surface area contributed by atoms with E-state index < -0.39 is 0 Å². The number of hydrogen-bond acceptors (Lipinski definition) is 3. The van der Waals surface area contributed by atoms with Crippen molar-refractivity contribution in [2.24, 2.45) is 0 Å². The molecule has 1 aliphatic carbocycles. The molecule has 3 aromatic rings. The van der Waals surface area contributed by atoms with E-state index in [4.69, 9.17) is 4.98 Å². The van der Waals surface area contributed by atoms with Crippen LogP contribution in [0.4, 0.5) is 5.69 Å². The van der Waals surface area contributed by atoms with Gasteiger partial charge in [-0.3, -0.25) is 0 Å². The number of rotatable bonds is 1. The van der Waals surface area contributed by atoms with Crippen molar-refractivity contribution >= 4 is 16.6 Å². The van der Waals surface area contributed by atoms with Crippen molar-refractivity contribution in [2.75, 3.05) is 38.1 Å². The average Bonchev–Trinajstić information content (AvgIpc) is 2.67. The van der Waals surface area contributed by atoms with Gasteiger partial charge in [0.15, 0.2) is 0 Å². The van der Waals surface area contributed by atoms with E-state index in [2.05, 4.69) is 65.4 Å². The van der Waals surface area contributed by atoms with Crippen LogP contribution in [-0.2, 0) is 12.8 Å².